The molecule has 3 aliphatic rings. The molecule has 3 saturated carbocycles. The summed E-state index contributed by atoms with van der Waals surface area (Å²) in [4.78, 5) is 14.4. The highest BCUT2D eigenvalue weighted by molar-refractivity contribution is 5.81. The summed E-state index contributed by atoms with van der Waals surface area (Å²) in [7, 11) is 1.44. The van der Waals surface area contributed by atoms with E-state index in [-0.39, 0.29) is 5.97 Å². The maximum atomic E-state index is 11.8. The number of rotatable bonds is 5. The molecule has 18 heavy (non-hydrogen) atoms. The molecule has 3 aliphatic carbocycles. The van der Waals surface area contributed by atoms with E-state index in [4.69, 9.17) is 10.5 Å². The first-order chi connectivity index (χ1) is 8.62. The van der Waals surface area contributed by atoms with Crippen LogP contribution < -0.4 is 5.73 Å². The fourth-order valence-electron chi connectivity index (χ4n) is 3.32. The maximum absolute atomic E-state index is 11.8. The molecule has 0 radical (unpaired) electrons. The molecule has 102 valence electrons. The molecular formula is C14H24N2O2. The third-order valence-electron chi connectivity index (χ3n) is 4.77. The Morgan fingerprint density at radius 1 is 1.28 bits per heavy atom. The van der Waals surface area contributed by atoms with Crippen molar-refractivity contribution in [2.24, 2.45) is 11.7 Å². The first-order valence-electron chi connectivity index (χ1n) is 7.25. The second-order valence-corrected chi connectivity index (χ2v) is 6.42. The predicted molar refractivity (Wildman–Crippen MR) is 69.0 cm³/mol. The van der Waals surface area contributed by atoms with Crippen LogP contribution in [-0.2, 0) is 9.53 Å². The minimum absolute atomic E-state index is 0.229. The van der Waals surface area contributed by atoms with E-state index in [2.05, 4.69) is 4.90 Å². The van der Waals surface area contributed by atoms with Gasteiger partial charge in [-0.2, -0.15) is 0 Å². The normalized spacial score (nSPS) is 36.1. The van der Waals surface area contributed by atoms with Gasteiger partial charge in [0.1, 0.15) is 5.54 Å². The number of carbonyl (C=O) groups is 1. The number of ether oxygens (including phenoxy) is 1. The average molecular weight is 252 g/mol. The van der Waals surface area contributed by atoms with Crippen LogP contribution in [0.1, 0.15) is 44.9 Å². The lowest BCUT2D eigenvalue weighted by Crippen LogP contribution is -2.48. The number of nitrogens with two attached hydrogens (primary N) is 1. The zero-order chi connectivity index (χ0) is 12.8. The smallest absolute Gasteiger partial charge is 0.325 e. The Balaban J connectivity index is 1.63. The molecule has 2 atom stereocenters. The van der Waals surface area contributed by atoms with Crippen LogP contribution in [0, 0.1) is 5.92 Å². The lowest BCUT2D eigenvalue weighted by atomic mass is 9.99. The highest BCUT2D eigenvalue weighted by Gasteiger charge is 2.48. The summed E-state index contributed by atoms with van der Waals surface area (Å²) in [5.41, 5.74) is 5.48. The van der Waals surface area contributed by atoms with Gasteiger partial charge >= 0.3 is 5.97 Å². The van der Waals surface area contributed by atoms with Gasteiger partial charge in [-0.05, 0) is 50.9 Å². The number of nitrogens with zero attached hydrogens (tertiary/aromatic N) is 1. The molecule has 0 spiro atoms. The van der Waals surface area contributed by atoms with Gasteiger partial charge < -0.3 is 10.5 Å². The van der Waals surface area contributed by atoms with Gasteiger partial charge in [-0.25, -0.2) is 0 Å². The first-order valence-corrected chi connectivity index (χ1v) is 7.25. The van der Waals surface area contributed by atoms with E-state index in [9.17, 15) is 4.79 Å². The molecular weight excluding hydrogens is 228 g/mol. The zero-order valence-corrected chi connectivity index (χ0v) is 11.2. The van der Waals surface area contributed by atoms with E-state index in [1.165, 1.54) is 39.3 Å². The Kier molecular flexibility index (Phi) is 3.10. The Hall–Kier alpha value is -0.610. The fourth-order valence-corrected chi connectivity index (χ4v) is 3.32. The van der Waals surface area contributed by atoms with Crippen molar-refractivity contribution in [2.75, 3.05) is 13.7 Å². The fraction of sp³-hybridized carbons (Fsp3) is 0.929. The van der Waals surface area contributed by atoms with Crippen molar-refractivity contribution < 1.29 is 9.53 Å². The minimum Gasteiger partial charge on any atom is -0.468 e. The van der Waals surface area contributed by atoms with Crippen LogP contribution in [0.2, 0.25) is 0 Å². The van der Waals surface area contributed by atoms with E-state index in [0.29, 0.717) is 6.04 Å². The minimum atomic E-state index is -0.726. The first kappa shape index (κ1) is 12.4. The maximum Gasteiger partial charge on any atom is 0.325 e. The van der Waals surface area contributed by atoms with E-state index in [0.717, 1.165) is 31.2 Å². The van der Waals surface area contributed by atoms with E-state index < -0.39 is 5.54 Å². The van der Waals surface area contributed by atoms with Crippen molar-refractivity contribution in [3.05, 3.63) is 0 Å². The molecule has 4 nitrogen and oxygen atoms in total. The summed E-state index contributed by atoms with van der Waals surface area (Å²) in [5, 5.41) is 0. The Morgan fingerprint density at radius 3 is 2.56 bits per heavy atom. The van der Waals surface area contributed by atoms with Gasteiger partial charge in [-0.15, -0.1) is 0 Å². The molecule has 3 rings (SSSR count). The number of hydrogen-bond acceptors (Lipinski definition) is 4. The Morgan fingerprint density at radius 2 is 2.00 bits per heavy atom. The number of methoxy groups -OCH3 is 1. The van der Waals surface area contributed by atoms with Gasteiger partial charge in [-0.3, -0.25) is 9.69 Å². The molecule has 0 heterocycles. The third kappa shape index (κ3) is 2.41. The topological polar surface area (TPSA) is 55.6 Å². The number of esters is 1. The van der Waals surface area contributed by atoms with Gasteiger partial charge in [0.05, 0.1) is 7.11 Å². The lowest BCUT2D eigenvalue weighted by Gasteiger charge is -2.30. The van der Waals surface area contributed by atoms with Crippen LogP contribution in [0.4, 0.5) is 0 Å². The molecule has 0 saturated heterocycles. The average Bonchev–Trinajstić information content (AvgIpc) is 3.25. The van der Waals surface area contributed by atoms with Crippen LogP contribution >= 0.6 is 0 Å². The van der Waals surface area contributed by atoms with Crippen molar-refractivity contribution in [3.63, 3.8) is 0 Å². The summed E-state index contributed by atoms with van der Waals surface area (Å²) in [5.74, 6) is 0.684. The monoisotopic (exact) mass is 252 g/mol. The zero-order valence-electron chi connectivity index (χ0n) is 11.2. The molecule has 2 unspecified atom stereocenters. The summed E-state index contributed by atoms with van der Waals surface area (Å²) in [6, 6.07) is 1.28. The molecule has 2 N–H and O–H groups in total. The van der Waals surface area contributed by atoms with Crippen molar-refractivity contribution in [1.29, 1.82) is 0 Å². The van der Waals surface area contributed by atoms with Gasteiger partial charge in [-0.1, -0.05) is 0 Å². The van der Waals surface area contributed by atoms with Crippen molar-refractivity contribution in [2.45, 2.75) is 62.6 Å². The molecule has 0 aromatic rings. The predicted octanol–water partition coefficient (Wildman–Crippen LogP) is 1.28. The summed E-state index contributed by atoms with van der Waals surface area (Å²) < 4.78 is 4.85. The molecule has 0 aromatic heterocycles. The van der Waals surface area contributed by atoms with Crippen LogP contribution in [0.25, 0.3) is 0 Å². The second kappa shape index (κ2) is 4.49. The van der Waals surface area contributed by atoms with Gasteiger partial charge in [0.25, 0.3) is 0 Å². The molecule has 0 bridgehead atoms. The Labute approximate surface area is 109 Å². The highest BCUT2D eigenvalue weighted by Crippen LogP contribution is 2.41. The largest absolute Gasteiger partial charge is 0.468 e. The van der Waals surface area contributed by atoms with Crippen molar-refractivity contribution >= 4 is 5.97 Å². The number of hydrogen-bond donors (Lipinski definition) is 1. The van der Waals surface area contributed by atoms with Gasteiger partial charge in [0, 0.05) is 18.6 Å². The summed E-state index contributed by atoms with van der Waals surface area (Å²) in [6.45, 7) is 1.23. The van der Waals surface area contributed by atoms with Crippen LogP contribution in [0.15, 0.2) is 0 Å². The van der Waals surface area contributed by atoms with Crippen LogP contribution in [0.3, 0.4) is 0 Å². The molecule has 0 aromatic carbocycles. The summed E-state index contributed by atoms with van der Waals surface area (Å²) >= 11 is 0. The highest BCUT2D eigenvalue weighted by atomic mass is 16.5. The van der Waals surface area contributed by atoms with E-state index in [1.54, 1.807) is 0 Å². The van der Waals surface area contributed by atoms with Crippen LogP contribution in [-0.4, -0.2) is 42.1 Å². The van der Waals surface area contributed by atoms with Crippen LogP contribution in [0.5, 0.6) is 0 Å². The molecule has 3 fully saturated rings. The van der Waals surface area contributed by atoms with Gasteiger partial charge in [0.2, 0.25) is 0 Å². The Bertz CT molecular complexity index is 339. The van der Waals surface area contributed by atoms with Crippen molar-refractivity contribution in [3.8, 4) is 0 Å². The second-order valence-electron chi connectivity index (χ2n) is 6.42. The third-order valence-corrected chi connectivity index (χ3v) is 4.77. The SMILES string of the molecule is COC(=O)C1(N)CCC(N(CC2CC2)C2CC2)C1. The van der Waals surface area contributed by atoms with E-state index in [1.807, 2.05) is 0 Å². The summed E-state index contributed by atoms with van der Waals surface area (Å²) in [6.07, 6.45) is 8.05. The molecule has 4 heteroatoms. The molecule has 0 aliphatic heterocycles. The lowest BCUT2D eigenvalue weighted by molar-refractivity contribution is -0.147. The van der Waals surface area contributed by atoms with E-state index >= 15 is 0 Å². The number of carbonyl (C=O) groups excluding carboxylic acids is 1. The standard InChI is InChI=1S/C14H24N2O2/c1-18-13(17)14(15)7-6-12(8-14)16(11-4-5-11)9-10-2-3-10/h10-12H,2-9,15H2,1H3. The quantitative estimate of drug-likeness (QED) is 0.749. The van der Waals surface area contributed by atoms with Gasteiger partial charge in [0.15, 0.2) is 0 Å². The molecule has 0 amide bonds. The van der Waals surface area contributed by atoms with Crippen molar-refractivity contribution in [1.82, 2.24) is 4.90 Å².